The number of hydrogen-bond donors (Lipinski definition) is 0. The fourth-order valence-corrected chi connectivity index (χ4v) is 3.17. The van der Waals surface area contributed by atoms with E-state index in [2.05, 4.69) is 5.10 Å². The van der Waals surface area contributed by atoms with Gasteiger partial charge in [-0.05, 0) is 30.7 Å². The Labute approximate surface area is 146 Å². The molecule has 0 amide bonds. The molecule has 0 bridgehead atoms. The van der Waals surface area contributed by atoms with Crippen molar-refractivity contribution in [1.82, 2.24) is 9.78 Å². The van der Waals surface area contributed by atoms with E-state index >= 15 is 0 Å². The van der Waals surface area contributed by atoms with Crippen LogP contribution in [0.4, 0.5) is 0 Å². The van der Waals surface area contributed by atoms with E-state index in [4.69, 9.17) is 11.6 Å². The average Bonchev–Trinajstić information content (AvgIpc) is 3.03. The number of benzene rings is 1. The maximum Gasteiger partial charge on any atom is 0.212 e. The lowest BCUT2D eigenvalue weighted by atomic mass is 9.89. The summed E-state index contributed by atoms with van der Waals surface area (Å²) in [6, 6.07) is 11.3. The summed E-state index contributed by atoms with van der Waals surface area (Å²) in [6.07, 6.45) is 3.34. The van der Waals surface area contributed by atoms with Crippen molar-refractivity contribution >= 4 is 0 Å². The topological polar surface area (TPSA) is 27.1 Å². The fraction of sp³-hybridized carbons (Fsp3) is 0.550. The number of rotatable bonds is 7. The third-order valence-corrected chi connectivity index (χ3v) is 4.40. The van der Waals surface area contributed by atoms with Crippen LogP contribution in [0.2, 0.25) is 0 Å². The second-order valence-corrected chi connectivity index (χ2v) is 6.18. The van der Waals surface area contributed by atoms with Gasteiger partial charge in [0.15, 0.2) is 0 Å². The summed E-state index contributed by atoms with van der Waals surface area (Å²) in [5.74, 6) is 0.993. The highest BCUT2D eigenvalue weighted by atomic mass is 16.5. The van der Waals surface area contributed by atoms with Gasteiger partial charge in [0.1, 0.15) is 6.61 Å². The van der Waals surface area contributed by atoms with E-state index in [9.17, 15) is 0 Å². The first-order valence-electron chi connectivity index (χ1n) is 11.0. The largest absolute Gasteiger partial charge is 0.473 e. The first-order valence-corrected chi connectivity index (χ1v) is 8.48. The van der Waals surface area contributed by atoms with E-state index in [-0.39, 0.29) is 5.69 Å². The molecular weight excluding hydrogens is 284 g/mol. The number of aromatic nitrogens is 2. The Morgan fingerprint density at radius 2 is 2.09 bits per heavy atom. The standard InChI is InChI=1S/C20H28N2O/c1-2-9-19-14-20(23-16-18-12-7-4-8-13-18)22(21-19)15-17-10-5-3-6-11-17/h4,7-8,12-14,17H,2-3,5-6,9-11,15-16H2,1H3/i1D3,9D2. The Kier molecular flexibility index (Phi) is 3.88. The van der Waals surface area contributed by atoms with Gasteiger partial charge in [0.25, 0.3) is 0 Å². The zero-order valence-corrected chi connectivity index (χ0v) is 13.5. The van der Waals surface area contributed by atoms with Crippen molar-refractivity contribution in [2.24, 2.45) is 5.92 Å². The molecule has 0 spiro atoms. The minimum Gasteiger partial charge on any atom is -0.473 e. The molecule has 1 aromatic carbocycles. The summed E-state index contributed by atoms with van der Waals surface area (Å²) in [7, 11) is 0. The highest BCUT2D eigenvalue weighted by Gasteiger charge is 2.17. The van der Waals surface area contributed by atoms with Gasteiger partial charge in [-0.1, -0.05) is 62.9 Å². The van der Waals surface area contributed by atoms with Crippen LogP contribution in [0.5, 0.6) is 5.88 Å². The zero-order chi connectivity index (χ0) is 20.2. The molecule has 0 atom stereocenters. The minimum atomic E-state index is -2.36. The number of aryl methyl sites for hydroxylation is 1. The van der Waals surface area contributed by atoms with Gasteiger partial charge >= 0.3 is 0 Å². The van der Waals surface area contributed by atoms with Crippen molar-refractivity contribution in [2.45, 2.75) is 64.9 Å². The minimum absolute atomic E-state index is 0.127. The molecule has 3 rings (SSSR count). The zero-order valence-electron chi connectivity index (χ0n) is 18.5. The molecule has 124 valence electrons. The van der Waals surface area contributed by atoms with Gasteiger partial charge in [-0.2, -0.15) is 5.10 Å². The van der Waals surface area contributed by atoms with Gasteiger partial charge in [-0.15, -0.1) is 0 Å². The third-order valence-electron chi connectivity index (χ3n) is 4.40. The molecule has 3 nitrogen and oxygen atoms in total. The van der Waals surface area contributed by atoms with Gasteiger partial charge in [-0.25, -0.2) is 4.68 Å². The lowest BCUT2D eigenvalue weighted by Crippen LogP contribution is -2.16. The predicted molar refractivity (Wildman–Crippen MR) is 93.6 cm³/mol. The van der Waals surface area contributed by atoms with Crippen LogP contribution in [0.15, 0.2) is 36.4 Å². The molecule has 1 saturated carbocycles. The summed E-state index contributed by atoms with van der Waals surface area (Å²) in [6.45, 7) is -1.32. The monoisotopic (exact) mass is 317 g/mol. The molecule has 0 aliphatic heterocycles. The van der Waals surface area contributed by atoms with Crippen molar-refractivity contribution < 1.29 is 11.6 Å². The number of nitrogens with zero attached hydrogens (tertiary/aromatic N) is 2. The van der Waals surface area contributed by atoms with E-state index < -0.39 is 19.6 Å². The molecule has 1 fully saturated rings. The van der Waals surface area contributed by atoms with Crippen molar-refractivity contribution in [3.05, 3.63) is 47.7 Å². The van der Waals surface area contributed by atoms with Crippen molar-refractivity contribution in [3.8, 4) is 5.88 Å². The Morgan fingerprint density at radius 3 is 2.87 bits per heavy atom. The van der Waals surface area contributed by atoms with Crippen molar-refractivity contribution in [2.75, 3.05) is 0 Å². The second-order valence-electron chi connectivity index (χ2n) is 6.18. The fourth-order valence-electron chi connectivity index (χ4n) is 3.17. The van der Waals surface area contributed by atoms with Crippen molar-refractivity contribution in [1.29, 1.82) is 0 Å². The van der Waals surface area contributed by atoms with Crippen LogP contribution in [-0.2, 0) is 19.5 Å². The molecule has 0 unspecified atom stereocenters. The predicted octanol–water partition coefficient (Wildman–Crippen LogP) is 4.99. The summed E-state index contributed by atoms with van der Waals surface area (Å²) in [5, 5.41) is 4.44. The van der Waals surface area contributed by atoms with E-state index in [0.29, 0.717) is 24.9 Å². The molecule has 0 N–H and O–H groups in total. The lowest BCUT2D eigenvalue weighted by Gasteiger charge is -2.22. The Balaban J connectivity index is 1.81. The SMILES string of the molecule is [2H]C([2H])([2H])CC([2H])([2H])c1cc(OCc2ccccc2)n(CC2CCCCC2)n1. The molecule has 3 heteroatoms. The van der Waals surface area contributed by atoms with Crippen LogP contribution in [0, 0.1) is 5.92 Å². The van der Waals surface area contributed by atoms with Gasteiger partial charge in [0, 0.05) is 19.5 Å². The van der Waals surface area contributed by atoms with Crippen molar-refractivity contribution in [3.63, 3.8) is 0 Å². The van der Waals surface area contributed by atoms with E-state index in [1.807, 2.05) is 30.3 Å². The molecule has 0 saturated heterocycles. The Bertz CT molecular complexity index is 752. The first-order chi connectivity index (χ1) is 13.2. The lowest BCUT2D eigenvalue weighted by molar-refractivity contribution is 0.245. The van der Waals surface area contributed by atoms with Crippen LogP contribution in [-0.4, -0.2) is 9.78 Å². The normalized spacial score (nSPS) is 20.1. The van der Waals surface area contributed by atoms with Crippen LogP contribution in [0.25, 0.3) is 0 Å². The van der Waals surface area contributed by atoms with Gasteiger partial charge in [0.05, 0.1) is 5.69 Å². The maximum atomic E-state index is 8.22. The van der Waals surface area contributed by atoms with E-state index in [0.717, 1.165) is 18.4 Å². The van der Waals surface area contributed by atoms with Crippen LogP contribution < -0.4 is 4.74 Å². The molecule has 1 aromatic heterocycles. The average molecular weight is 317 g/mol. The molecular formula is C20H28N2O. The van der Waals surface area contributed by atoms with Crippen LogP contribution in [0.3, 0.4) is 0 Å². The van der Waals surface area contributed by atoms with Gasteiger partial charge in [-0.3, -0.25) is 0 Å². The highest BCUT2D eigenvalue weighted by molar-refractivity contribution is 5.19. The van der Waals surface area contributed by atoms with E-state index in [1.165, 1.54) is 19.3 Å². The second kappa shape index (κ2) is 8.19. The summed E-state index contributed by atoms with van der Waals surface area (Å²) < 4.78 is 46.4. The van der Waals surface area contributed by atoms with Crippen LogP contribution >= 0.6 is 0 Å². The summed E-state index contributed by atoms with van der Waals surface area (Å²) in [4.78, 5) is 0. The molecule has 23 heavy (non-hydrogen) atoms. The smallest absolute Gasteiger partial charge is 0.212 e. The molecule has 1 heterocycles. The third kappa shape index (κ3) is 4.60. The Morgan fingerprint density at radius 1 is 1.26 bits per heavy atom. The first kappa shape index (κ1) is 10.9. The molecule has 1 aliphatic rings. The Hall–Kier alpha value is -1.77. The molecule has 0 radical (unpaired) electrons. The molecule has 1 aliphatic carbocycles. The van der Waals surface area contributed by atoms with E-state index in [1.54, 1.807) is 10.7 Å². The van der Waals surface area contributed by atoms with Crippen LogP contribution in [0.1, 0.15) is 63.5 Å². The van der Waals surface area contributed by atoms with Gasteiger partial charge in [0.2, 0.25) is 5.88 Å². The summed E-state index contributed by atoms with van der Waals surface area (Å²) >= 11 is 0. The summed E-state index contributed by atoms with van der Waals surface area (Å²) in [5.41, 5.74) is 1.14. The van der Waals surface area contributed by atoms with Gasteiger partial charge < -0.3 is 4.74 Å². The number of ether oxygens (including phenoxy) is 1. The number of hydrogen-bond acceptors (Lipinski definition) is 2. The quantitative estimate of drug-likeness (QED) is 0.719. The maximum absolute atomic E-state index is 8.22. The highest BCUT2D eigenvalue weighted by Crippen LogP contribution is 2.27. The molecule has 2 aromatic rings.